The Bertz CT molecular complexity index is 66.3. The van der Waals surface area contributed by atoms with E-state index in [1.165, 1.54) is 0 Å². The zero-order chi connectivity index (χ0) is 7.00. The van der Waals surface area contributed by atoms with Gasteiger partial charge in [0.15, 0.2) is 0 Å². The molecule has 0 aliphatic carbocycles. The van der Waals surface area contributed by atoms with Gasteiger partial charge in [0.05, 0.1) is 0 Å². The molecule has 0 unspecified atom stereocenters. The number of halogens is 5. The summed E-state index contributed by atoms with van der Waals surface area (Å²) in [7, 11) is 0. The van der Waals surface area contributed by atoms with Crippen LogP contribution in [-0.4, -0.2) is 11.3 Å². The Morgan fingerprint density at radius 1 is 1.12 bits per heavy atom. The molecule has 0 aliphatic rings. The van der Waals surface area contributed by atoms with E-state index < -0.39 is 11.3 Å². The van der Waals surface area contributed by atoms with Gasteiger partial charge in [-0.25, -0.2) is 4.39 Å². The maximum atomic E-state index is 11.5. The zero-order valence-electron chi connectivity index (χ0n) is 3.89. The number of hydrogen-bond donors (Lipinski definition) is 0. The lowest BCUT2D eigenvalue weighted by Gasteiger charge is -2.14. The molecule has 0 radical (unpaired) electrons. The molecule has 1 atom stereocenters. The van der Waals surface area contributed by atoms with E-state index in [1.54, 1.807) is 0 Å². The van der Waals surface area contributed by atoms with Crippen molar-refractivity contribution in [3.63, 3.8) is 0 Å². The Morgan fingerprint density at radius 3 is 1.25 bits per heavy atom. The van der Waals surface area contributed by atoms with Crippen LogP contribution < -0.4 is 0 Å². The van der Waals surface area contributed by atoms with Crippen molar-refractivity contribution in [3.05, 3.63) is 0 Å². The highest BCUT2D eigenvalue weighted by atomic mass is 35.5. The summed E-state index contributed by atoms with van der Waals surface area (Å²) in [5.74, 6) is 0. The van der Waals surface area contributed by atoms with Gasteiger partial charge in [0.2, 0.25) is 0 Å². The second-order valence-corrected chi connectivity index (χ2v) is 2.10. The molecule has 0 aromatic carbocycles. The van der Waals surface area contributed by atoms with Crippen LogP contribution in [0.2, 0.25) is 0 Å². The van der Waals surface area contributed by atoms with Crippen molar-refractivity contribution >= 4 is 11.6 Å². The average Bonchev–Trinajstić information content (AvgIpc) is 1.25. The largest absolute Gasteiger partial charge is 0.436 e. The third-order valence-corrected chi connectivity index (χ3v) is 0.712. The Balaban J connectivity index is 4.02. The van der Waals surface area contributed by atoms with E-state index in [0.717, 1.165) is 0 Å². The van der Waals surface area contributed by atoms with Crippen LogP contribution >= 0.6 is 11.6 Å². The molecule has 50 valence electrons. The van der Waals surface area contributed by atoms with E-state index in [-0.39, 0.29) is 6.92 Å². The minimum Gasteiger partial charge on any atom is -0.216 e. The maximum absolute atomic E-state index is 11.5. The van der Waals surface area contributed by atoms with Crippen LogP contribution in [0.15, 0.2) is 0 Å². The molecule has 0 aliphatic heterocycles. The second-order valence-electron chi connectivity index (χ2n) is 1.39. The Hall–Kier alpha value is 0.01000. The fourth-order valence-electron chi connectivity index (χ4n) is 0. The SMILES string of the molecule is C[C@](F)(Cl)C(F)(F)F. The maximum Gasteiger partial charge on any atom is 0.436 e. The van der Waals surface area contributed by atoms with Crippen molar-refractivity contribution in [2.75, 3.05) is 0 Å². The molecule has 0 amide bonds. The normalized spacial score (nSPS) is 20.2. The van der Waals surface area contributed by atoms with Gasteiger partial charge in [-0.15, -0.1) is 0 Å². The lowest BCUT2D eigenvalue weighted by Crippen LogP contribution is -2.31. The van der Waals surface area contributed by atoms with E-state index in [1.807, 2.05) is 0 Å². The summed E-state index contributed by atoms with van der Waals surface area (Å²) in [4.78, 5) is 0. The molecule has 0 nitrogen and oxygen atoms in total. The minimum atomic E-state index is -4.96. The van der Waals surface area contributed by atoms with E-state index >= 15 is 0 Å². The van der Waals surface area contributed by atoms with E-state index in [2.05, 4.69) is 11.6 Å². The van der Waals surface area contributed by atoms with Crippen molar-refractivity contribution < 1.29 is 17.6 Å². The van der Waals surface area contributed by atoms with Gasteiger partial charge < -0.3 is 0 Å². The van der Waals surface area contributed by atoms with Gasteiger partial charge >= 0.3 is 6.18 Å². The molecule has 5 heteroatoms. The molecule has 0 rings (SSSR count). The number of hydrogen-bond acceptors (Lipinski definition) is 0. The topological polar surface area (TPSA) is 0 Å². The van der Waals surface area contributed by atoms with Crippen LogP contribution in [0, 0.1) is 0 Å². The van der Waals surface area contributed by atoms with Crippen LogP contribution in [0.25, 0.3) is 0 Å². The molecule has 0 aromatic rings. The zero-order valence-corrected chi connectivity index (χ0v) is 4.65. The fraction of sp³-hybridized carbons (Fsp3) is 1.00. The molecular weight excluding hydrogens is 147 g/mol. The molecule has 0 aromatic heterocycles. The minimum absolute atomic E-state index is 0.245. The summed E-state index contributed by atoms with van der Waals surface area (Å²) in [6, 6.07) is 0. The summed E-state index contributed by atoms with van der Waals surface area (Å²) < 4.78 is 44.7. The van der Waals surface area contributed by atoms with Gasteiger partial charge in [0.25, 0.3) is 5.13 Å². The highest BCUT2D eigenvalue weighted by Gasteiger charge is 2.50. The highest BCUT2D eigenvalue weighted by Crippen LogP contribution is 2.36. The van der Waals surface area contributed by atoms with Gasteiger partial charge in [-0.05, 0) is 6.92 Å². The van der Waals surface area contributed by atoms with Gasteiger partial charge in [-0.1, -0.05) is 11.6 Å². The predicted octanol–water partition coefficient (Wildman–Crippen LogP) is 2.47. The molecule has 0 N–H and O–H groups in total. The first kappa shape index (κ1) is 8.01. The van der Waals surface area contributed by atoms with Crippen LogP contribution in [-0.2, 0) is 0 Å². The van der Waals surface area contributed by atoms with Crippen molar-refractivity contribution in [1.82, 2.24) is 0 Å². The van der Waals surface area contributed by atoms with E-state index in [9.17, 15) is 17.6 Å². The van der Waals surface area contributed by atoms with Crippen LogP contribution in [0.5, 0.6) is 0 Å². The fourth-order valence-corrected chi connectivity index (χ4v) is 0. The molecule has 0 spiro atoms. The molecule has 0 bridgehead atoms. The van der Waals surface area contributed by atoms with E-state index in [4.69, 9.17) is 0 Å². The molecule has 0 saturated heterocycles. The van der Waals surface area contributed by atoms with Gasteiger partial charge in [0.1, 0.15) is 0 Å². The first-order chi connectivity index (χ1) is 3.25. The second kappa shape index (κ2) is 1.76. The number of rotatable bonds is 0. The van der Waals surface area contributed by atoms with Crippen molar-refractivity contribution in [3.8, 4) is 0 Å². The summed E-state index contributed by atoms with van der Waals surface area (Å²) >= 11 is 4.22. The van der Waals surface area contributed by atoms with Crippen molar-refractivity contribution in [1.29, 1.82) is 0 Å². The third kappa shape index (κ3) is 1.86. The summed E-state index contributed by atoms with van der Waals surface area (Å²) in [5, 5.41) is -3.59. The van der Waals surface area contributed by atoms with Crippen molar-refractivity contribution in [2.45, 2.75) is 18.2 Å². The standard InChI is InChI=1S/C3H3ClF4/c1-2(4,5)3(6,7)8/h1H3/t2-/m1/s1. The lowest BCUT2D eigenvalue weighted by atomic mass is 10.4. The Morgan fingerprint density at radius 2 is 1.25 bits per heavy atom. The first-order valence-electron chi connectivity index (χ1n) is 1.69. The first-order valence-corrected chi connectivity index (χ1v) is 2.07. The lowest BCUT2D eigenvalue weighted by molar-refractivity contribution is -0.192. The van der Waals surface area contributed by atoms with Gasteiger partial charge in [-0.2, -0.15) is 13.2 Å². The van der Waals surface area contributed by atoms with Gasteiger partial charge in [-0.3, -0.25) is 0 Å². The monoisotopic (exact) mass is 150 g/mol. The van der Waals surface area contributed by atoms with Crippen molar-refractivity contribution in [2.24, 2.45) is 0 Å². The summed E-state index contributed by atoms with van der Waals surface area (Å²) in [5.41, 5.74) is 0. The van der Waals surface area contributed by atoms with Crippen LogP contribution in [0.3, 0.4) is 0 Å². The number of alkyl halides is 5. The molecule has 0 heterocycles. The van der Waals surface area contributed by atoms with Gasteiger partial charge in [0, 0.05) is 0 Å². The van der Waals surface area contributed by atoms with E-state index in [0.29, 0.717) is 0 Å². The Kier molecular flexibility index (Phi) is 1.76. The summed E-state index contributed by atoms with van der Waals surface area (Å²) in [6.45, 7) is 0.245. The quantitative estimate of drug-likeness (QED) is 0.368. The summed E-state index contributed by atoms with van der Waals surface area (Å²) in [6.07, 6.45) is -4.96. The highest BCUT2D eigenvalue weighted by molar-refractivity contribution is 6.23. The molecule has 8 heavy (non-hydrogen) atoms. The third-order valence-electron chi connectivity index (χ3n) is 0.498. The smallest absolute Gasteiger partial charge is 0.216 e. The Labute approximate surface area is 48.4 Å². The van der Waals surface area contributed by atoms with Crippen LogP contribution in [0.4, 0.5) is 17.6 Å². The predicted molar refractivity (Wildman–Crippen MR) is 21.4 cm³/mol. The van der Waals surface area contributed by atoms with Crippen LogP contribution in [0.1, 0.15) is 6.92 Å². The molecular formula is C3H3ClF4. The molecule has 0 saturated carbocycles. The molecule has 0 fully saturated rings. The average molecular weight is 151 g/mol.